The lowest BCUT2D eigenvalue weighted by Crippen LogP contribution is -2.45. The van der Waals surface area contributed by atoms with Crippen molar-refractivity contribution in [2.45, 2.75) is 20.0 Å². The Kier molecular flexibility index (Phi) is 5.14. The summed E-state index contributed by atoms with van der Waals surface area (Å²) >= 11 is 0. The lowest BCUT2D eigenvalue weighted by Gasteiger charge is -2.33. The van der Waals surface area contributed by atoms with Gasteiger partial charge in [-0.15, -0.1) is 0 Å². The second-order valence-corrected chi connectivity index (χ2v) is 5.65. The van der Waals surface area contributed by atoms with Gasteiger partial charge in [-0.2, -0.15) is 5.10 Å². The number of nitrogens with zero attached hydrogens (tertiary/aromatic N) is 3. The molecule has 6 heteroatoms. The molecule has 0 radical (unpaired) electrons. The summed E-state index contributed by atoms with van der Waals surface area (Å²) in [6.07, 6.45) is 3.12. The zero-order valence-electron chi connectivity index (χ0n) is 12.4. The molecule has 1 saturated heterocycles. The van der Waals surface area contributed by atoms with Crippen LogP contribution in [0.4, 0.5) is 0 Å². The molecule has 1 aromatic heterocycles. The van der Waals surface area contributed by atoms with Crippen molar-refractivity contribution < 1.29 is 14.3 Å². The van der Waals surface area contributed by atoms with Gasteiger partial charge >= 0.3 is 5.97 Å². The summed E-state index contributed by atoms with van der Waals surface area (Å²) in [5, 5.41) is 3.95. The molecule has 1 aromatic rings. The molecule has 0 saturated carbocycles. The monoisotopic (exact) mass is 281 g/mol. The van der Waals surface area contributed by atoms with E-state index in [-0.39, 0.29) is 12.1 Å². The fourth-order valence-electron chi connectivity index (χ4n) is 2.34. The van der Waals surface area contributed by atoms with Crippen LogP contribution in [0.15, 0.2) is 12.4 Å². The van der Waals surface area contributed by atoms with Crippen LogP contribution < -0.4 is 0 Å². The highest BCUT2D eigenvalue weighted by atomic mass is 16.6. The van der Waals surface area contributed by atoms with Gasteiger partial charge in [0.25, 0.3) is 0 Å². The minimum absolute atomic E-state index is 0.0388. The maximum atomic E-state index is 11.8. The molecule has 1 atom stereocenters. The van der Waals surface area contributed by atoms with Crippen LogP contribution >= 0.6 is 0 Å². The smallest absolute Gasteiger partial charge is 0.341 e. The number of hydrogen-bond donors (Lipinski definition) is 0. The predicted molar refractivity (Wildman–Crippen MR) is 74.5 cm³/mol. The van der Waals surface area contributed by atoms with Gasteiger partial charge in [-0.05, 0) is 5.92 Å². The molecular formula is C14H23N3O3. The molecule has 0 aliphatic carbocycles. The summed E-state index contributed by atoms with van der Waals surface area (Å²) in [5.74, 6) is 0.286. The standard InChI is InChI=1S/C14H23N3O3/c1-11(2)7-17-4-5-19-13(9-17)10-20-14(18)12-6-15-16(3)8-12/h6,8,11,13H,4-5,7,9-10H2,1-3H3. The topological polar surface area (TPSA) is 56.6 Å². The highest BCUT2D eigenvalue weighted by Crippen LogP contribution is 2.09. The second-order valence-electron chi connectivity index (χ2n) is 5.65. The first kappa shape index (κ1) is 15.0. The highest BCUT2D eigenvalue weighted by molar-refractivity contribution is 5.88. The van der Waals surface area contributed by atoms with Crippen molar-refractivity contribution in [3.63, 3.8) is 0 Å². The number of carbonyl (C=O) groups excluding carboxylic acids is 1. The molecule has 0 spiro atoms. The van der Waals surface area contributed by atoms with E-state index in [1.54, 1.807) is 17.9 Å². The van der Waals surface area contributed by atoms with Gasteiger partial charge in [-0.3, -0.25) is 9.58 Å². The Labute approximate surface area is 119 Å². The van der Waals surface area contributed by atoms with E-state index in [1.165, 1.54) is 6.20 Å². The van der Waals surface area contributed by atoms with Crippen molar-refractivity contribution in [2.24, 2.45) is 13.0 Å². The maximum absolute atomic E-state index is 11.8. The summed E-state index contributed by atoms with van der Waals surface area (Å²) in [7, 11) is 1.77. The molecule has 0 amide bonds. The number of rotatable bonds is 5. The minimum atomic E-state index is -0.345. The number of morpholine rings is 1. The Balaban J connectivity index is 1.77. The quantitative estimate of drug-likeness (QED) is 0.752. The van der Waals surface area contributed by atoms with E-state index in [2.05, 4.69) is 23.8 Å². The van der Waals surface area contributed by atoms with E-state index in [0.29, 0.717) is 24.7 Å². The molecule has 20 heavy (non-hydrogen) atoms. The van der Waals surface area contributed by atoms with Gasteiger partial charge in [0.1, 0.15) is 12.7 Å². The summed E-state index contributed by atoms with van der Waals surface area (Å²) in [4.78, 5) is 14.2. The molecule has 0 aromatic carbocycles. The van der Waals surface area contributed by atoms with Crippen LogP contribution in [0.3, 0.4) is 0 Å². The molecule has 0 bridgehead atoms. The molecule has 2 heterocycles. The lowest BCUT2D eigenvalue weighted by atomic mass is 10.2. The van der Waals surface area contributed by atoms with E-state index in [0.717, 1.165) is 19.6 Å². The van der Waals surface area contributed by atoms with Crippen molar-refractivity contribution >= 4 is 5.97 Å². The summed E-state index contributed by atoms with van der Waals surface area (Å²) in [6, 6.07) is 0. The van der Waals surface area contributed by atoms with Crippen LogP contribution in [0, 0.1) is 5.92 Å². The Bertz CT molecular complexity index is 445. The molecule has 1 aliphatic rings. The molecule has 1 fully saturated rings. The third-order valence-electron chi connectivity index (χ3n) is 3.19. The van der Waals surface area contributed by atoms with E-state index in [9.17, 15) is 4.79 Å². The van der Waals surface area contributed by atoms with Gasteiger partial charge in [-0.1, -0.05) is 13.8 Å². The van der Waals surface area contributed by atoms with Gasteiger partial charge < -0.3 is 9.47 Å². The highest BCUT2D eigenvalue weighted by Gasteiger charge is 2.22. The van der Waals surface area contributed by atoms with Crippen LogP contribution in [0.1, 0.15) is 24.2 Å². The summed E-state index contributed by atoms with van der Waals surface area (Å²) in [6.45, 7) is 8.21. The van der Waals surface area contributed by atoms with Crippen LogP contribution in [-0.2, 0) is 16.5 Å². The first-order valence-corrected chi connectivity index (χ1v) is 7.04. The molecular weight excluding hydrogens is 258 g/mol. The molecule has 1 aliphatic heterocycles. The van der Waals surface area contributed by atoms with Crippen LogP contribution in [0.25, 0.3) is 0 Å². The Morgan fingerprint density at radius 1 is 1.60 bits per heavy atom. The maximum Gasteiger partial charge on any atom is 0.341 e. The average Bonchev–Trinajstić information content (AvgIpc) is 2.82. The molecule has 112 valence electrons. The van der Waals surface area contributed by atoms with Crippen molar-refractivity contribution in [1.82, 2.24) is 14.7 Å². The fraction of sp³-hybridized carbons (Fsp3) is 0.714. The van der Waals surface area contributed by atoms with Crippen LogP contribution in [0.5, 0.6) is 0 Å². The third kappa shape index (κ3) is 4.31. The number of esters is 1. The summed E-state index contributed by atoms with van der Waals surface area (Å²) < 4.78 is 12.5. The van der Waals surface area contributed by atoms with Crippen LogP contribution in [0.2, 0.25) is 0 Å². The normalized spacial score (nSPS) is 20.3. The zero-order chi connectivity index (χ0) is 14.5. The average molecular weight is 281 g/mol. The van der Waals surface area contributed by atoms with Crippen molar-refractivity contribution in [3.05, 3.63) is 18.0 Å². The van der Waals surface area contributed by atoms with E-state index in [1.807, 2.05) is 0 Å². The van der Waals surface area contributed by atoms with Crippen molar-refractivity contribution in [3.8, 4) is 0 Å². The number of aryl methyl sites for hydroxylation is 1. The SMILES string of the molecule is CC(C)CN1CCOC(COC(=O)c2cnn(C)c2)C1. The van der Waals surface area contributed by atoms with E-state index >= 15 is 0 Å². The first-order chi connectivity index (χ1) is 9.54. The van der Waals surface area contributed by atoms with E-state index < -0.39 is 0 Å². The van der Waals surface area contributed by atoms with Gasteiger partial charge in [0.15, 0.2) is 0 Å². The molecule has 2 rings (SSSR count). The number of aromatic nitrogens is 2. The predicted octanol–water partition coefficient (Wildman–Crippen LogP) is 0.934. The minimum Gasteiger partial charge on any atom is -0.459 e. The van der Waals surface area contributed by atoms with Crippen molar-refractivity contribution in [2.75, 3.05) is 32.8 Å². The first-order valence-electron chi connectivity index (χ1n) is 7.04. The van der Waals surface area contributed by atoms with Crippen LogP contribution in [-0.4, -0.2) is 59.6 Å². The lowest BCUT2D eigenvalue weighted by molar-refractivity contribution is -0.0612. The number of hydrogen-bond acceptors (Lipinski definition) is 5. The molecule has 6 nitrogen and oxygen atoms in total. The summed E-state index contributed by atoms with van der Waals surface area (Å²) in [5.41, 5.74) is 0.474. The van der Waals surface area contributed by atoms with Crippen molar-refractivity contribution in [1.29, 1.82) is 0 Å². The Morgan fingerprint density at radius 2 is 2.40 bits per heavy atom. The number of carbonyl (C=O) groups is 1. The number of ether oxygens (including phenoxy) is 2. The second kappa shape index (κ2) is 6.85. The Hall–Kier alpha value is -1.40. The fourth-order valence-corrected chi connectivity index (χ4v) is 2.34. The van der Waals surface area contributed by atoms with Gasteiger partial charge in [-0.25, -0.2) is 4.79 Å². The Morgan fingerprint density at radius 3 is 3.05 bits per heavy atom. The molecule has 1 unspecified atom stereocenters. The van der Waals surface area contributed by atoms with Gasteiger partial charge in [0.2, 0.25) is 0 Å². The largest absolute Gasteiger partial charge is 0.459 e. The van der Waals surface area contributed by atoms with Gasteiger partial charge in [0.05, 0.1) is 18.4 Å². The zero-order valence-corrected chi connectivity index (χ0v) is 12.4. The van der Waals surface area contributed by atoms with Gasteiger partial charge in [0, 0.05) is 32.9 Å². The van der Waals surface area contributed by atoms with E-state index in [4.69, 9.17) is 9.47 Å². The molecule has 0 N–H and O–H groups in total. The third-order valence-corrected chi connectivity index (χ3v) is 3.19.